The SMILES string of the molecule is CCOC(=O)C1CCCN(S(=O)(=O)c2cc(C(=O)N3CCCCC3)n(C)c2C)C1. The minimum Gasteiger partial charge on any atom is -0.466 e. The molecule has 1 amide bonds. The van der Waals surface area contributed by atoms with E-state index in [2.05, 4.69) is 0 Å². The van der Waals surface area contributed by atoms with Crippen LogP contribution in [0.15, 0.2) is 11.0 Å². The number of ether oxygens (including phenoxy) is 1. The van der Waals surface area contributed by atoms with Gasteiger partial charge in [-0.3, -0.25) is 9.59 Å². The monoisotopic (exact) mass is 425 g/mol. The quantitative estimate of drug-likeness (QED) is 0.673. The number of piperidine rings is 2. The molecule has 0 radical (unpaired) electrons. The first kappa shape index (κ1) is 21.8. The number of carbonyl (C=O) groups is 2. The highest BCUT2D eigenvalue weighted by atomic mass is 32.2. The first-order chi connectivity index (χ1) is 13.8. The van der Waals surface area contributed by atoms with Crippen LogP contribution in [0.4, 0.5) is 0 Å². The van der Waals surface area contributed by atoms with E-state index in [0.717, 1.165) is 19.3 Å². The van der Waals surface area contributed by atoms with Gasteiger partial charge in [0, 0.05) is 38.9 Å². The average molecular weight is 426 g/mol. The van der Waals surface area contributed by atoms with Crippen LogP contribution >= 0.6 is 0 Å². The number of amides is 1. The van der Waals surface area contributed by atoms with Gasteiger partial charge in [0.15, 0.2) is 0 Å². The molecule has 162 valence electrons. The zero-order chi connectivity index (χ0) is 21.2. The Morgan fingerprint density at radius 3 is 2.48 bits per heavy atom. The summed E-state index contributed by atoms with van der Waals surface area (Å²) in [5.41, 5.74) is 0.922. The van der Waals surface area contributed by atoms with E-state index in [1.165, 1.54) is 10.4 Å². The number of sulfonamides is 1. The van der Waals surface area contributed by atoms with E-state index in [9.17, 15) is 18.0 Å². The largest absolute Gasteiger partial charge is 0.466 e. The summed E-state index contributed by atoms with van der Waals surface area (Å²) in [5.74, 6) is -0.921. The highest BCUT2D eigenvalue weighted by Crippen LogP contribution is 2.29. The highest BCUT2D eigenvalue weighted by molar-refractivity contribution is 7.89. The summed E-state index contributed by atoms with van der Waals surface area (Å²) in [6.45, 7) is 5.63. The third-order valence-electron chi connectivity index (χ3n) is 5.97. The molecule has 29 heavy (non-hydrogen) atoms. The minimum atomic E-state index is -3.81. The third-order valence-corrected chi connectivity index (χ3v) is 7.95. The molecule has 1 unspecified atom stereocenters. The second-order valence-corrected chi connectivity index (χ2v) is 9.75. The number of aromatic nitrogens is 1. The van der Waals surface area contributed by atoms with Crippen molar-refractivity contribution in [3.63, 3.8) is 0 Å². The zero-order valence-electron chi connectivity index (χ0n) is 17.5. The Labute approximate surface area is 172 Å². The Balaban J connectivity index is 1.85. The van der Waals surface area contributed by atoms with Gasteiger partial charge in [0.05, 0.1) is 12.5 Å². The molecule has 2 fully saturated rings. The zero-order valence-corrected chi connectivity index (χ0v) is 18.3. The number of likely N-dealkylation sites (tertiary alicyclic amines) is 1. The second-order valence-electron chi connectivity index (χ2n) is 7.85. The molecule has 8 nitrogen and oxygen atoms in total. The van der Waals surface area contributed by atoms with Crippen molar-refractivity contribution in [1.29, 1.82) is 0 Å². The Hall–Kier alpha value is -1.87. The van der Waals surface area contributed by atoms with Crippen LogP contribution in [0.5, 0.6) is 0 Å². The smallest absolute Gasteiger partial charge is 0.310 e. The fraction of sp³-hybridized carbons (Fsp3) is 0.700. The lowest BCUT2D eigenvalue weighted by molar-refractivity contribution is -0.149. The molecule has 1 aromatic rings. The average Bonchev–Trinajstić information content (AvgIpc) is 3.04. The predicted octanol–water partition coefficient (Wildman–Crippen LogP) is 1.92. The summed E-state index contributed by atoms with van der Waals surface area (Å²) in [4.78, 5) is 27.0. The van der Waals surface area contributed by atoms with Crippen LogP contribution in [0.2, 0.25) is 0 Å². The normalized spacial score (nSPS) is 21.2. The molecule has 2 aliphatic heterocycles. The molecular weight excluding hydrogens is 394 g/mol. The van der Waals surface area contributed by atoms with E-state index in [0.29, 0.717) is 43.9 Å². The number of hydrogen-bond donors (Lipinski definition) is 0. The Bertz CT molecular complexity index is 871. The van der Waals surface area contributed by atoms with E-state index < -0.39 is 15.9 Å². The van der Waals surface area contributed by atoms with E-state index in [1.54, 1.807) is 30.4 Å². The van der Waals surface area contributed by atoms with Gasteiger partial charge in [0.2, 0.25) is 10.0 Å². The molecule has 0 saturated carbocycles. The number of rotatable bonds is 5. The van der Waals surface area contributed by atoms with E-state index in [4.69, 9.17) is 4.74 Å². The number of nitrogens with zero attached hydrogens (tertiary/aromatic N) is 3. The summed E-state index contributed by atoms with van der Waals surface area (Å²) in [7, 11) is -2.08. The van der Waals surface area contributed by atoms with Gasteiger partial charge in [0.25, 0.3) is 5.91 Å². The third kappa shape index (κ3) is 4.35. The first-order valence-corrected chi connectivity index (χ1v) is 11.8. The van der Waals surface area contributed by atoms with Crippen LogP contribution in [-0.4, -0.2) is 66.9 Å². The fourth-order valence-corrected chi connectivity index (χ4v) is 5.94. The van der Waals surface area contributed by atoms with Gasteiger partial charge in [-0.2, -0.15) is 4.31 Å². The van der Waals surface area contributed by atoms with Crippen molar-refractivity contribution in [1.82, 2.24) is 13.8 Å². The molecule has 0 aromatic carbocycles. The van der Waals surface area contributed by atoms with E-state index >= 15 is 0 Å². The van der Waals surface area contributed by atoms with Gasteiger partial charge in [-0.05, 0) is 52.0 Å². The highest BCUT2D eigenvalue weighted by Gasteiger charge is 2.36. The lowest BCUT2D eigenvalue weighted by Crippen LogP contribution is -2.42. The van der Waals surface area contributed by atoms with Crippen LogP contribution in [0, 0.1) is 12.8 Å². The second kappa shape index (κ2) is 8.87. The van der Waals surface area contributed by atoms with Crippen molar-refractivity contribution in [2.75, 3.05) is 32.8 Å². The van der Waals surface area contributed by atoms with Crippen LogP contribution < -0.4 is 0 Å². The minimum absolute atomic E-state index is 0.116. The van der Waals surface area contributed by atoms with Crippen molar-refractivity contribution < 1.29 is 22.7 Å². The molecule has 2 saturated heterocycles. The van der Waals surface area contributed by atoms with Gasteiger partial charge >= 0.3 is 5.97 Å². The molecule has 3 rings (SSSR count). The van der Waals surface area contributed by atoms with E-state index in [1.807, 2.05) is 0 Å². The topological polar surface area (TPSA) is 88.9 Å². The number of hydrogen-bond acceptors (Lipinski definition) is 5. The van der Waals surface area contributed by atoms with Crippen molar-refractivity contribution in [3.05, 3.63) is 17.5 Å². The lowest BCUT2D eigenvalue weighted by atomic mass is 10.0. The summed E-state index contributed by atoms with van der Waals surface area (Å²) in [5, 5.41) is 0. The van der Waals surface area contributed by atoms with Gasteiger partial charge < -0.3 is 14.2 Å². The molecule has 0 aliphatic carbocycles. The van der Waals surface area contributed by atoms with Crippen molar-refractivity contribution in [2.24, 2.45) is 13.0 Å². The standard InChI is InChI=1S/C20H31N3O5S/c1-4-28-20(25)16-9-8-12-23(14-16)29(26,27)18-13-17(21(3)15(18)2)19(24)22-10-6-5-7-11-22/h13,16H,4-12,14H2,1-3H3. The molecule has 0 N–H and O–H groups in total. The first-order valence-electron chi connectivity index (χ1n) is 10.4. The Morgan fingerprint density at radius 2 is 1.83 bits per heavy atom. The van der Waals surface area contributed by atoms with Crippen LogP contribution in [0.25, 0.3) is 0 Å². The molecule has 2 aliphatic rings. The van der Waals surface area contributed by atoms with Crippen molar-refractivity contribution in [3.8, 4) is 0 Å². The summed E-state index contributed by atoms with van der Waals surface area (Å²) >= 11 is 0. The summed E-state index contributed by atoms with van der Waals surface area (Å²) in [6.07, 6.45) is 4.30. The summed E-state index contributed by atoms with van der Waals surface area (Å²) in [6, 6.07) is 1.50. The summed E-state index contributed by atoms with van der Waals surface area (Å²) < 4.78 is 34.8. The Kier molecular flexibility index (Phi) is 6.68. The van der Waals surface area contributed by atoms with Crippen LogP contribution in [0.1, 0.15) is 55.2 Å². The van der Waals surface area contributed by atoms with Gasteiger partial charge in [-0.1, -0.05) is 0 Å². The fourth-order valence-electron chi connectivity index (χ4n) is 4.15. The molecule has 3 heterocycles. The van der Waals surface area contributed by atoms with Crippen LogP contribution in [-0.2, 0) is 26.6 Å². The van der Waals surface area contributed by atoms with Crippen LogP contribution in [0.3, 0.4) is 0 Å². The number of carbonyl (C=O) groups excluding carboxylic acids is 2. The molecule has 9 heteroatoms. The molecule has 0 bridgehead atoms. The van der Waals surface area contributed by atoms with Crippen molar-refractivity contribution >= 4 is 21.9 Å². The van der Waals surface area contributed by atoms with Gasteiger partial charge in [-0.15, -0.1) is 0 Å². The van der Waals surface area contributed by atoms with E-state index in [-0.39, 0.29) is 29.9 Å². The maximum Gasteiger partial charge on any atom is 0.310 e. The maximum absolute atomic E-state index is 13.3. The van der Waals surface area contributed by atoms with Gasteiger partial charge in [0.1, 0.15) is 10.6 Å². The molecule has 1 atom stereocenters. The molecular formula is C20H31N3O5S. The lowest BCUT2D eigenvalue weighted by Gasteiger charge is -2.30. The molecule has 1 aromatic heterocycles. The predicted molar refractivity (Wildman–Crippen MR) is 108 cm³/mol. The number of esters is 1. The Morgan fingerprint density at radius 1 is 1.14 bits per heavy atom. The maximum atomic E-state index is 13.3. The molecule has 0 spiro atoms. The van der Waals surface area contributed by atoms with Gasteiger partial charge in [-0.25, -0.2) is 8.42 Å². The van der Waals surface area contributed by atoms with Crippen molar-refractivity contribution in [2.45, 2.75) is 50.8 Å².